The number of aromatic nitrogens is 3. The Morgan fingerprint density at radius 1 is 1.33 bits per heavy atom. The van der Waals surface area contributed by atoms with Gasteiger partial charge in [-0.15, -0.1) is 11.3 Å². The lowest BCUT2D eigenvalue weighted by Crippen LogP contribution is -2.17. The summed E-state index contributed by atoms with van der Waals surface area (Å²) in [6, 6.07) is 3.72. The molecule has 2 heterocycles. The summed E-state index contributed by atoms with van der Waals surface area (Å²) in [6.07, 6.45) is 0. The maximum Gasteiger partial charge on any atom is 0.160 e. The van der Waals surface area contributed by atoms with E-state index in [0.717, 1.165) is 11.4 Å². The largest absolute Gasteiger partial charge is 0.397 e. The average molecular weight is 261 g/mol. The molecule has 0 fully saturated rings. The number of nitrogen functional groups attached to an aromatic ring is 1. The first-order valence-corrected chi connectivity index (χ1v) is 6.29. The lowest BCUT2D eigenvalue weighted by atomic mass is 10.2. The average Bonchev–Trinajstić information content (AvgIpc) is 2.99. The third-order valence-electron chi connectivity index (χ3n) is 2.72. The number of hydrogen-bond acceptors (Lipinski definition) is 7. The first kappa shape index (κ1) is 11.0. The van der Waals surface area contributed by atoms with Crippen LogP contribution in [0.5, 0.6) is 0 Å². The fraction of sp³-hybridized carbons (Fsp3) is 0.182. The standard InChI is InChI=1S/C11H11N5OS/c1-16(4-7-5-18-6-13-7)9-3-2-8(12)10-11(9)15-17-14-10/h2-3,5-6H,4,12H2,1H3. The molecule has 7 heteroatoms. The van der Waals surface area contributed by atoms with Gasteiger partial charge >= 0.3 is 0 Å². The van der Waals surface area contributed by atoms with Crippen molar-refractivity contribution in [3.05, 3.63) is 28.7 Å². The van der Waals surface area contributed by atoms with Gasteiger partial charge in [0.05, 0.1) is 29.1 Å². The van der Waals surface area contributed by atoms with E-state index in [9.17, 15) is 0 Å². The smallest absolute Gasteiger partial charge is 0.160 e. The fourth-order valence-corrected chi connectivity index (χ4v) is 2.37. The maximum absolute atomic E-state index is 5.81. The predicted molar refractivity (Wildman–Crippen MR) is 70.4 cm³/mol. The second kappa shape index (κ2) is 4.26. The van der Waals surface area contributed by atoms with Crippen LogP contribution in [-0.4, -0.2) is 22.3 Å². The Morgan fingerprint density at radius 2 is 2.17 bits per heavy atom. The molecule has 0 radical (unpaired) electrons. The van der Waals surface area contributed by atoms with Crippen molar-refractivity contribution in [2.24, 2.45) is 0 Å². The van der Waals surface area contributed by atoms with E-state index in [2.05, 4.69) is 15.3 Å². The Kier molecular flexibility index (Phi) is 2.60. The van der Waals surface area contributed by atoms with Gasteiger partial charge in [0.25, 0.3) is 0 Å². The molecule has 0 unspecified atom stereocenters. The molecule has 0 spiro atoms. The van der Waals surface area contributed by atoms with Crippen molar-refractivity contribution in [3.8, 4) is 0 Å². The molecule has 3 aromatic rings. The van der Waals surface area contributed by atoms with E-state index >= 15 is 0 Å². The van der Waals surface area contributed by atoms with Gasteiger partial charge in [-0.05, 0) is 22.4 Å². The van der Waals surface area contributed by atoms with Crippen LogP contribution in [0.4, 0.5) is 11.4 Å². The van der Waals surface area contributed by atoms with E-state index in [1.54, 1.807) is 17.4 Å². The molecule has 0 aliphatic heterocycles. The summed E-state index contributed by atoms with van der Waals surface area (Å²) in [5, 5.41) is 9.73. The van der Waals surface area contributed by atoms with E-state index in [4.69, 9.17) is 10.4 Å². The molecule has 0 aliphatic carbocycles. The summed E-state index contributed by atoms with van der Waals surface area (Å²) in [5.41, 5.74) is 11.4. The van der Waals surface area contributed by atoms with Gasteiger partial charge in [-0.1, -0.05) is 0 Å². The molecule has 0 atom stereocenters. The van der Waals surface area contributed by atoms with Gasteiger partial charge in [0, 0.05) is 12.4 Å². The van der Waals surface area contributed by atoms with Crippen LogP contribution in [0.3, 0.4) is 0 Å². The third-order valence-corrected chi connectivity index (χ3v) is 3.35. The highest BCUT2D eigenvalue weighted by Crippen LogP contribution is 2.28. The lowest BCUT2D eigenvalue weighted by molar-refractivity contribution is 0.315. The number of nitrogens with two attached hydrogens (primary N) is 1. The number of rotatable bonds is 3. The number of fused-ring (bicyclic) bond motifs is 1. The van der Waals surface area contributed by atoms with Gasteiger partial charge < -0.3 is 10.6 Å². The first-order chi connectivity index (χ1) is 8.75. The highest BCUT2D eigenvalue weighted by atomic mass is 32.1. The first-order valence-electron chi connectivity index (χ1n) is 5.34. The molecular formula is C11H11N5OS. The summed E-state index contributed by atoms with van der Waals surface area (Å²) in [5.74, 6) is 0. The van der Waals surface area contributed by atoms with Gasteiger partial charge in [0.2, 0.25) is 0 Å². The molecule has 6 nitrogen and oxygen atoms in total. The lowest BCUT2D eigenvalue weighted by Gasteiger charge is -2.18. The number of hydrogen-bond donors (Lipinski definition) is 1. The van der Waals surface area contributed by atoms with Crippen LogP contribution in [-0.2, 0) is 6.54 Å². The normalized spacial score (nSPS) is 10.9. The second-order valence-electron chi connectivity index (χ2n) is 3.97. The Hall–Kier alpha value is -2.15. The molecule has 3 rings (SSSR count). The van der Waals surface area contributed by atoms with Crippen molar-refractivity contribution in [1.29, 1.82) is 0 Å². The van der Waals surface area contributed by atoms with Crippen LogP contribution in [0.15, 0.2) is 27.7 Å². The van der Waals surface area contributed by atoms with Crippen molar-refractivity contribution in [2.45, 2.75) is 6.54 Å². The Bertz CT molecular complexity index is 663. The molecule has 2 N–H and O–H groups in total. The van der Waals surface area contributed by atoms with E-state index in [1.165, 1.54) is 0 Å². The van der Waals surface area contributed by atoms with E-state index in [0.29, 0.717) is 23.3 Å². The topological polar surface area (TPSA) is 81.1 Å². The van der Waals surface area contributed by atoms with Gasteiger partial charge in [-0.2, -0.15) is 0 Å². The van der Waals surface area contributed by atoms with E-state index in [-0.39, 0.29) is 0 Å². The molecular weight excluding hydrogens is 250 g/mol. The van der Waals surface area contributed by atoms with Crippen LogP contribution >= 0.6 is 11.3 Å². The quantitative estimate of drug-likeness (QED) is 0.725. The van der Waals surface area contributed by atoms with Gasteiger partial charge in [-0.3, -0.25) is 0 Å². The minimum absolute atomic E-state index is 0.567. The monoisotopic (exact) mass is 261 g/mol. The Labute approximate surface area is 107 Å². The summed E-state index contributed by atoms with van der Waals surface area (Å²) >= 11 is 1.58. The van der Waals surface area contributed by atoms with Crippen molar-refractivity contribution < 1.29 is 4.63 Å². The van der Waals surface area contributed by atoms with Crippen molar-refractivity contribution in [3.63, 3.8) is 0 Å². The number of anilines is 2. The minimum Gasteiger partial charge on any atom is -0.397 e. The van der Waals surface area contributed by atoms with Crippen molar-refractivity contribution >= 4 is 33.7 Å². The highest BCUT2D eigenvalue weighted by Gasteiger charge is 2.13. The van der Waals surface area contributed by atoms with Crippen LogP contribution < -0.4 is 10.6 Å². The zero-order valence-corrected chi connectivity index (χ0v) is 10.5. The van der Waals surface area contributed by atoms with Gasteiger partial charge in [-0.25, -0.2) is 9.61 Å². The number of nitrogens with zero attached hydrogens (tertiary/aromatic N) is 4. The predicted octanol–water partition coefficient (Wildman–Crippen LogP) is 1.90. The van der Waals surface area contributed by atoms with Crippen LogP contribution in [0, 0.1) is 0 Å². The molecule has 0 bridgehead atoms. The fourth-order valence-electron chi connectivity index (χ4n) is 1.82. The molecule has 2 aromatic heterocycles. The summed E-state index contributed by atoms with van der Waals surface area (Å²) < 4.78 is 4.75. The molecule has 92 valence electrons. The van der Waals surface area contributed by atoms with E-state index < -0.39 is 0 Å². The highest BCUT2D eigenvalue weighted by molar-refractivity contribution is 7.07. The van der Waals surface area contributed by atoms with Crippen LogP contribution in [0.25, 0.3) is 11.0 Å². The second-order valence-corrected chi connectivity index (χ2v) is 4.69. The van der Waals surface area contributed by atoms with Gasteiger partial charge in [0.1, 0.15) is 0 Å². The number of thiazole rings is 1. The van der Waals surface area contributed by atoms with Crippen LogP contribution in [0.2, 0.25) is 0 Å². The summed E-state index contributed by atoms with van der Waals surface area (Å²) in [6.45, 7) is 0.704. The van der Waals surface area contributed by atoms with Gasteiger partial charge in [0.15, 0.2) is 11.0 Å². The number of benzene rings is 1. The summed E-state index contributed by atoms with van der Waals surface area (Å²) in [7, 11) is 1.97. The SMILES string of the molecule is CN(Cc1cscn1)c1ccc(N)c2nonc12. The Morgan fingerprint density at radius 3 is 2.94 bits per heavy atom. The molecule has 0 saturated carbocycles. The molecule has 1 aromatic carbocycles. The van der Waals surface area contributed by atoms with Crippen molar-refractivity contribution in [2.75, 3.05) is 17.7 Å². The van der Waals surface area contributed by atoms with E-state index in [1.807, 2.05) is 28.9 Å². The summed E-state index contributed by atoms with van der Waals surface area (Å²) in [4.78, 5) is 6.30. The van der Waals surface area contributed by atoms with Crippen LogP contribution in [0.1, 0.15) is 5.69 Å². The minimum atomic E-state index is 0.567. The Balaban J connectivity index is 1.98. The zero-order valence-electron chi connectivity index (χ0n) is 9.70. The molecule has 0 aliphatic rings. The zero-order chi connectivity index (χ0) is 12.5. The molecule has 18 heavy (non-hydrogen) atoms. The molecule has 0 saturated heterocycles. The third kappa shape index (κ3) is 1.78. The maximum atomic E-state index is 5.81. The van der Waals surface area contributed by atoms with Crippen molar-refractivity contribution in [1.82, 2.24) is 15.3 Å². The molecule has 0 amide bonds.